The van der Waals surface area contributed by atoms with Crippen LogP contribution in [-0.4, -0.2) is 50.2 Å². The first kappa shape index (κ1) is 26.9. The van der Waals surface area contributed by atoms with Gasteiger partial charge in [0.1, 0.15) is 10.6 Å². The number of rotatable bonds is 5. The number of thiophene rings is 1. The zero-order valence-electron chi connectivity index (χ0n) is 20.7. The molecule has 1 saturated carbocycles. The summed E-state index contributed by atoms with van der Waals surface area (Å²) in [6, 6.07) is 14.5. The SMILES string of the molecule is CN1C(C2CCCCC2)CN(c2ccccc2)c2cc(Cl)c(-c3cc(N=C=O)c(C(=O)O)s3)cc2S1(O)O. The smallest absolute Gasteiger partial charge is 0.348 e. The van der Waals surface area contributed by atoms with E-state index in [-0.39, 0.29) is 16.6 Å². The van der Waals surface area contributed by atoms with E-state index in [0.29, 0.717) is 38.5 Å². The summed E-state index contributed by atoms with van der Waals surface area (Å²) < 4.78 is 25.3. The van der Waals surface area contributed by atoms with Gasteiger partial charge in [0.25, 0.3) is 0 Å². The van der Waals surface area contributed by atoms with Crippen molar-refractivity contribution in [3.05, 3.63) is 58.4 Å². The van der Waals surface area contributed by atoms with Crippen LogP contribution < -0.4 is 4.90 Å². The molecule has 1 aliphatic heterocycles. The van der Waals surface area contributed by atoms with Gasteiger partial charge in [-0.1, -0.05) is 49.1 Å². The van der Waals surface area contributed by atoms with Crippen LogP contribution in [0.25, 0.3) is 10.4 Å². The van der Waals surface area contributed by atoms with E-state index < -0.39 is 16.7 Å². The number of fused-ring (bicyclic) bond motifs is 1. The average Bonchev–Trinajstić information content (AvgIpc) is 3.31. The second-order valence-corrected chi connectivity index (χ2v) is 13.1. The monoisotopic (exact) mass is 573 g/mol. The first-order valence-electron chi connectivity index (χ1n) is 12.3. The Labute approximate surface area is 231 Å². The maximum atomic E-state index is 11.8. The Morgan fingerprint density at radius 3 is 2.50 bits per heavy atom. The fourth-order valence-electron chi connectivity index (χ4n) is 5.52. The first-order valence-corrected chi connectivity index (χ1v) is 15.0. The van der Waals surface area contributed by atoms with Crippen molar-refractivity contribution in [3.8, 4) is 10.4 Å². The van der Waals surface area contributed by atoms with Crippen LogP contribution in [-0.2, 0) is 4.79 Å². The van der Waals surface area contributed by atoms with Crippen LogP contribution in [0, 0.1) is 5.92 Å². The lowest BCUT2D eigenvalue weighted by Gasteiger charge is -2.46. The number of carbonyl (C=O) groups is 1. The molecule has 38 heavy (non-hydrogen) atoms. The van der Waals surface area contributed by atoms with Gasteiger partial charge in [0, 0.05) is 35.8 Å². The fraction of sp³-hybridized carbons (Fsp3) is 0.333. The molecule has 0 spiro atoms. The number of anilines is 2. The molecule has 2 aromatic carbocycles. The maximum Gasteiger partial charge on any atom is 0.348 e. The van der Waals surface area contributed by atoms with Crippen molar-refractivity contribution in [2.75, 3.05) is 18.5 Å². The van der Waals surface area contributed by atoms with E-state index in [0.717, 1.165) is 42.7 Å². The number of nitrogens with zero attached hydrogens (tertiary/aromatic N) is 3. The third-order valence-corrected chi connectivity index (χ3v) is 10.9. The Bertz CT molecular complexity index is 1380. The summed E-state index contributed by atoms with van der Waals surface area (Å²) in [7, 11) is -1.67. The van der Waals surface area contributed by atoms with E-state index in [2.05, 4.69) is 9.89 Å². The minimum atomic E-state index is -3.44. The average molecular weight is 574 g/mol. The number of isocyanates is 1. The van der Waals surface area contributed by atoms with Gasteiger partial charge in [-0.15, -0.1) is 22.1 Å². The van der Waals surface area contributed by atoms with Crippen molar-refractivity contribution in [3.63, 3.8) is 0 Å². The Kier molecular flexibility index (Phi) is 7.66. The molecule has 1 fully saturated rings. The normalized spacial score (nSPS) is 20.7. The minimum absolute atomic E-state index is 0.0227. The van der Waals surface area contributed by atoms with Crippen LogP contribution in [0.1, 0.15) is 41.8 Å². The summed E-state index contributed by atoms with van der Waals surface area (Å²) in [5.74, 6) is -0.912. The molecule has 0 bridgehead atoms. The lowest BCUT2D eigenvalue weighted by atomic mass is 9.83. The van der Waals surface area contributed by atoms with Crippen molar-refractivity contribution in [2.24, 2.45) is 10.9 Å². The number of hydrogen-bond donors (Lipinski definition) is 3. The third-order valence-electron chi connectivity index (χ3n) is 7.47. The number of halogens is 1. The van der Waals surface area contributed by atoms with Gasteiger partial charge in [-0.2, -0.15) is 9.30 Å². The van der Waals surface area contributed by atoms with Gasteiger partial charge in [0.15, 0.2) is 0 Å². The number of aliphatic imine (C=N–C) groups is 1. The van der Waals surface area contributed by atoms with Crippen LogP contribution in [0.4, 0.5) is 17.1 Å². The third kappa shape index (κ3) is 4.89. The Morgan fingerprint density at radius 2 is 1.84 bits per heavy atom. The molecule has 3 N–H and O–H groups in total. The Hall–Kier alpha value is -2.69. The van der Waals surface area contributed by atoms with E-state index in [9.17, 15) is 23.8 Å². The lowest BCUT2D eigenvalue weighted by Crippen LogP contribution is -2.45. The summed E-state index contributed by atoms with van der Waals surface area (Å²) in [6.45, 7) is 0.560. The van der Waals surface area contributed by atoms with Gasteiger partial charge in [-0.05, 0) is 49.1 Å². The number of hydrogen-bond acceptors (Lipinski definition) is 8. The summed E-state index contributed by atoms with van der Waals surface area (Å²) in [5.41, 5.74) is 1.92. The number of likely N-dealkylation sites (N-methyl/N-ethyl adjacent to an activating group) is 1. The van der Waals surface area contributed by atoms with E-state index in [4.69, 9.17) is 11.6 Å². The van der Waals surface area contributed by atoms with Crippen molar-refractivity contribution in [1.82, 2.24) is 4.31 Å². The summed E-state index contributed by atoms with van der Waals surface area (Å²) in [4.78, 5) is 28.9. The van der Waals surface area contributed by atoms with Crippen molar-refractivity contribution in [2.45, 2.75) is 43.0 Å². The van der Waals surface area contributed by atoms with Crippen LogP contribution in [0.15, 0.2) is 58.4 Å². The van der Waals surface area contributed by atoms with Gasteiger partial charge in [0.05, 0.1) is 15.6 Å². The zero-order valence-corrected chi connectivity index (χ0v) is 23.1. The molecule has 11 heteroatoms. The number of carboxylic acids is 1. The molecular weight excluding hydrogens is 546 g/mol. The van der Waals surface area contributed by atoms with Crippen LogP contribution >= 0.6 is 33.7 Å². The standard InChI is InChI=1S/C27H28ClN3O5S2/c1-30-23(17-8-4-2-5-9-17)15-31(18-10-6-3-7-11-18)22-13-20(28)19(12-25(22)38(30,35)36)24-14-21(29-16-32)26(37-24)27(33)34/h3,6-7,10-14,17,23,35-36H,2,4-5,8-9,15H2,1H3,(H,33,34). The molecule has 0 saturated heterocycles. The number of carbonyl (C=O) groups excluding carboxylic acids is 1. The predicted octanol–water partition coefficient (Wildman–Crippen LogP) is 7.79. The molecule has 8 nitrogen and oxygen atoms in total. The molecule has 5 rings (SSSR count). The molecule has 2 heterocycles. The van der Waals surface area contributed by atoms with E-state index in [1.54, 1.807) is 23.5 Å². The molecule has 2 aliphatic rings. The molecule has 1 aliphatic carbocycles. The molecule has 0 radical (unpaired) electrons. The minimum Gasteiger partial charge on any atom is -0.477 e. The van der Waals surface area contributed by atoms with E-state index >= 15 is 0 Å². The summed E-state index contributed by atoms with van der Waals surface area (Å²) in [6.07, 6.45) is 6.89. The van der Waals surface area contributed by atoms with Crippen molar-refractivity contribution >= 4 is 62.8 Å². The van der Waals surface area contributed by atoms with Gasteiger partial charge < -0.3 is 10.0 Å². The van der Waals surface area contributed by atoms with Gasteiger partial charge in [-0.3, -0.25) is 9.11 Å². The number of carboxylic acid groups (broad SMARTS) is 1. The zero-order chi connectivity index (χ0) is 27.0. The number of para-hydroxylation sites is 1. The molecule has 0 amide bonds. The molecule has 1 unspecified atom stereocenters. The van der Waals surface area contributed by atoms with Crippen molar-refractivity contribution in [1.29, 1.82) is 0 Å². The Morgan fingerprint density at radius 1 is 1.13 bits per heavy atom. The highest BCUT2D eigenvalue weighted by atomic mass is 35.5. The van der Waals surface area contributed by atoms with Gasteiger partial charge in [0.2, 0.25) is 6.08 Å². The predicted molar refractivity (Wildman–Crippen MR) is 152 cm³/mol. The topological polar surface area (TPSA) is 114 Å². The second-order valence-electron chi connectivity index (χ2n) is 9.61. The fourth-order valence-corrected chi connectivity index (χ4v) is 8.46. The molecular formula is C27H28ClN3O5S2. The lowest BCUT2D eigenvalue weighted by molar-refractivity contribution is 0.0703. The van der Waals surface area contributed by atoms with Crippen LogP contribution in [0.5, 0.6) is 0 Å². The van der Waals surface area contributed by atoms with E-state index in [1.165, 1.54) is 18.6 Å². The molecule has 200 valence electrons. The summed E-state index contributed by atoms with van der Waals surface area (Å²) in [5, 5.41) is 9.90. The van der Waals surface area contributed by atoms with Gasteiger partial charge in [-0.25, -0.2) is 9.59 Å². The molecule has 3 aromatic rings. The highest BCUT2D eigenvalue weighted by Crippen LogP contribution is 2.61. The maximum absolute atomic E-state index is 11.8. The Balaban J connectivity index is 1.70. The second kappa shape index (κ2) is 10.8. The van der Waals surface area contributed by atoms with Crippen LogP contribution in [0.2, 0.25) is 5.02 Å². The first-order chi connectivity index (χ1) is 18.2. The molecule has 1 atom stereocenters. The van der Waals surface area contributed by atoms with Crippen LogP contribution in [0.3, 0.4) is 0 Å². The number of aromatic carboxylic acids is 1. The number of benzene rings is 2. The quantitative estimate of drug-likeness (QED) is 0.211. The largest absolute Gasteiger partial charge is 0.477 e. The summed E-state index contributed by atoms with van der Waals surface area (Å²) >= 11 is 7.71. The highest BCUT2D eigenvalue weighted by Gasteiger charge is 2.41. The van der Waals surface area contributed by atoms with Crippen molar-refractivity contribution < 1.29 is 23.8 Å². The van der Waals surface area contributed by atoms with Gasteiger partial charge >= 0.3 is 5.97 Å². The molecule has 1 aromatic heterocycles. The highest BCUT2D eigenvalue weighted by molar-refractivity contribution is 8.22. The van der Waals surface area contributed by atoms with E-state index in [1.807, 2.05) is 30.3 Å².